The first kappa shape index (κ1) is 26.3. The van der Waals surface area contributed by atoms with Crippen LogP contribution in [0.25, 0.3) is 0 Å². The molecule has 1 aliphatic rings. The van der Waals surface area contributed by atoms with Gasteiger partial charge in [0.15, 0.2) is 5.96 Å². The van der Waals surface area contributed by atoms with Gasteiger partial charge in [-0.25, -0.2) is 9.97 Å². The van der Waals surface area contributed by atoms with Crippen molar-refractivity contribution < 1.29 is 0 Å². The van der Waals surface area contributed by atoms with E-state index in [1.54, 1.807) is 11.3 Å². The monoisotopic (exact) mass is 576 g/mol. The maximum atomic E-state index is 5.85. The number of halogens is 2. The summed E-state index contributed by atoms with van der Waals surface area (Å²) in [6.45, 7) is 10.1. The molecule has 0 aromatic carbocycles. The standard InChI is InChI=1S/C22H33ClN6S.HI/c1-3-21-28-19(16-30-21)15-29-11-8-18(9-12-29)14-27-22(24-4-2)25-10-7-17-5-6-20(23)26-13-17;/h5-6,13,16,18H,3-4,7-12,14-15H2,1-2H3,(H2,24,25,27);1H. The summed E-state index contributed by atoms with van der Waals surface area (Å²) in [6, 6.07) is 3.85. The van der Waals surface area contributed by atoms with Crippen molar-refractivity contribution >= 4 is 52.9 Å². The van der Waals surface area contributed by atoms with Crippen LogP contribution in [0, 0.1) is 5.92 Å². The molecule has 2 aromatic heterocycles. The Morgan fingerprint density at radius 3 is 2.71 bits per heavy atom. The van der Waals surface area contributed by atoms with Gasteiger partial charge < -0.3 is 10.6 Å². The summed E-state index contributed by atoms with van der Waals surface area (Å²) in [5.41, 5.74) is 2.39. The van der Waals surface area contributed by atoms with Crippen LogP contribution < -0.4 is 10.6 Å². The maximum absolute atomic E-state index is 5.85. The van der Waals surface area contributed by atoms with Gasteiger partial charge in [0.2, 0.25) is 0 Å². The van der Waals surface area contributed by atoms with E-state index in [1.807, 2.05) is 18.3 Å². The second kappa shape index (κ2) is 14.2. The second-order valence-electron chi connectivity index (χ2n) is 7.69. The molecule has 1 fully saturated rings. The van der Waals surface area contributed by atoms with Crippen LogP contribution in [0.15, 0.2) is 28.7 Å². The molecule has 0 amide bonds. The van der Waals surface area contributed by atoms with E-state index >= 15 is 0 Å². The van der Waals surface area contributed by atoms with Crippen molar-refractivity contribution in [3.8, 4) is 0 Å². The molecule has 3 heterocycles. The summed E-state index contributed by atoms with van der Waals surface area (Å²) in [4.78, 5) is 16.2. The Kier molecular flexibility index (Phi) is 12.1. The average Bonchev–Trinajstić information content (AvgIpc) is 3.22. The van der Waals surface area contributed by atoms with E-state index in [9.17, 15) is 0 Å². The Balaban J connectivity index is 0.00000341. The molecule has 0 unspecified atom stereocenters. The molecule has 0 spiro atoms. The van der Waals surface area contributed by atoms with Crippen molar-refractivity contribution in [3.05, 3.63) is 45.1 Å². The van der Waals surface area contributed by atoms with E-state index in [2.05, 4.69) is 39.7 Å². The molecular formula is C22H34ClIN6S. The number of pyridine rings is 1. The third kappa shape index (κ3) is 9.19. The van der Waals surface area contributed by atoms with Gasteiger partial charge in [0, 0.05) is 37.8 Å². The lowest BCUT2D eigenvalue weighted by Gasteiger charge is -2.30. The van der Waals surface area contributed by atoms with Crippen molar-refractivity contribution in [2.24, 2.45) is 10.9 Å². The molecule has 172 valence electrons. The number of aromatic nitrogens is 2. The lowest BCUT2D eigenvalue weighted by atomic mass is 9.97. The number of nitrogens with one attached hydrogen (secondary N) is 2. The first-order valence-electron chi connectivity index (χ1n) is 10.9. The smallest absolute Gasteiger partial charge is 0.191 e. The van der Waals surface area contributed by atoms with E-state index in [-0.39, 0.29) is 24.0 Å². The zero-order valence-electron chi connectivity index (χ0n) is 18.4. The molecule has 31 heavy (non-hydrogen) atoms. The van der Waals surface area contributed by atoms with E-state index < -0.39 is 0 Å². The molecule has 1 saturated heterocycles. The van der Waals surface area contributed by atoms with Gasteiger partial charge in [-0.1, -0.05) is 24.6 Å². The third-order valence-corrected chi connectivity index (χ3v) is 6.61. The minimum absolute atomic E-state index is 0. The summed E-state index contributed by atoms with van der Waals surface area (Å²) in [5.74, 6) is 1.55. The molecule has 2 aromatic rings. The van der Waals surface area contributed by atoms with Crippen LogP contribution in [0.3, 0.4) is 0 Å². The Labute approximate surface area is 212 Å². The number of thiazole rings is 1. The quantitative estimate of drug-likeness (QED) is 0.201. The molecule has 0 aliphatic carbocycles. The van der Waals surface area contributed by atoms with Crippen LogP contribution in [0.4, 0.5) is 0 Å². The zero-order valence-corrected chi connectivity index (χ0v) is 22.3. The lowest BCUT2D eigenvalue weighted by molar-refractivity contribution is 0.179. The molecule has 9 heteroatoms. The number of hydrogen-bond donors (Lipinski definition) is 2. The van der Waals surface area contributed by atoms with Crippen molar-refractivity contribution in [1.29, 1.82) is 0 Å². The van der Waals surface area contributed by atoms with Gasteiger partial charge in [-0.2, -0.15) is 0 Å². The van der Waals surface area contributed by atoms with E-state index in [0.717, 1.165) is 58.1 Å². The largest absolute Gasteiger partial charge is 0.357 e. The normalized spacial score (nSPS) is 15.5. The fourth-order valence-electron chi connectivity index (χ4n) is 3.58. The number of nitrogens with zero attached hydrogens (tertiary/aromatic N) is 4. The molecule has 6 nitrogen and oxygen atoms in total. The highest BCUT2D eigenvalue weighted by molar-refractivity contribution is 14.0. The third-order valence-electron chi connectivity index (χ3n) is 5.34. The first-order valence-corrected chi connectivity index (χ1v) is 12.2. The number of rotatable bonds is 9. The average molecular weight is 577 g/mol. The number of hydrogen-bond acceptors (Lipinski definition) is 5. The molecule has 1 aliphatic heterocycles. The van der Waals surface area contributed by atoms with Crippen LogP contribution in [-0.4, -0.2) is 53.6 Å². The molecule has 2 N–H and O–H groups in total. The van der Waals surface area contributed by atoms with Gasteiger partial charge >= 0.3 is 0 Å². The second-order valence-corrected chi connectivity index (χ2v) is 9.02. The fourth-order valence-corrected chi connectivity index (χ4v) is 4.43. The van der Waals surface area contributed by atoms with Crippen molar-refractivity contribution in [2.45, 2.75) is 46.1 Å². The maximum Gasteiger partial charge on any atom is 0.191 e. The van der Waals surface area contributed by atoms with Gasteiger partial charge in [0.1, 0.15) is 5.15 Å². The van der Waals surface area contributed by atoms with Crippen molar-refractivity contribution in [1.82, 2.24) is 25.5 Å². The van der Waals surface area contributed by atoms with Crippen LogP contribution in [0.5, 0.6) is 0 Å². The van der Waals surface area contributed by atoms with Crippen LogP contribution >= 0.6 is 46.9 Å². The van der Waals surface area contributed by atoms with Gasteiger partial charge in [-0.3, -0.25) is 9.89 Å². The molecule has 0 atom stereocenters. The zero-order chi connectivity index (χ0) is 21.2. The topological polar surface area (TPSA) is 65.4 Å². The summed E-state index contributed by atoms with van der Waals surface area (Å²) in [7, 11) is 0. The van der Waals surface area contributed by atoms with Gasteiger partial charge in [0.05, 0.1) is 10.7 Å². The number of aryl methyl sites for hydroxylation is 1. The Hall–Kier alpha value is -0.970. The summed E-state index contributed by atoms with van der Waals surface area (Å²) in [6.07, 6.45) is 6.15. The minimum atomic E-state index is 0. The fraction of sp³-hybridized carbons (Fsp3) is 0.591. The Bertz CT molecular complexity index is 790. The lowest BCUT2D eigenvalue weighted by Crippen LogP contribution is -2.39. The predicted octanol–water partition coefficient (Wildman–Crippen LogP) is 4.38. The Morgan fingerprint density at radius 1 is 1.26 bits per heavy atom. The number of piperidine rings is 1. The van der Waals surface area contributed by atoms with Gasteiger partial charge in [-0.15, -0.1) is 35.3 Å². The van der Waals surface area contributed by atoms with Crippen LogP contribution in [0.1, 0.15) is 43.0 Å². The van der Waals surface area contributed by atoms with Crippen molar-refractivity contribution in [3.63, 3.8) is 0 Å². The van der Waals surface area contributed by atoms with Crippen LogP contribution in [0.2, 0.25) is 5.15 Å². The highest BCUT2D eigenvalue weighted by Crippen LogP contribution is 2.20. The number of aliphatic imine (C=N–C) groups is 1. The van der Waals surface area contributed by atoms with E-state index in [1.165, 1.54) is 29.1 Å². The minimum Gasteiger partial charge on any atom is -0.357 e. The number of guanidine groups is 1. The molecule has 0 bridgehead atoms. The highest BCUT2D eigenvalue weighted by atomic mass is 127. The predicted molar refractivity (Wildman–Crippen MR) is 142 cm³/mol. The summed E-state index contributed by atoms with van der Waals surface area (Å²) < 4.78 is 0. The molecule has 0 saturated carbocycles. The van der Waals surface area contributed by atoms with Gasteiger partial charge in [0.25, 0.3) is 0 Å². The van der Waals surface area contributed by atoms with Crippen molar-refractivity contribution in [2.75, 3.05) is 32.7 Å². The SMILES string of the molecule is CCNC(=NCC1CCN(Cc2csc(CC)n2)CC1)NCCc1ccc(Cl)nc1.I. The van der Waals surface area contributed by atoms with Crippen LogP contribution in [-0.2, 0) is 19.4 Å². The van der Waals surface area contributed by atoms with Gasteiger partial charge in [-0.05, 0) is 63.2 Å². The Morgan fingerprint density at radius 2 is 2.06 bits per heavy atom. The highest BCUT2D eigenvalue weighted by Gasteiger charge is 2.20. The number of likely N-dealkylation sites (tertiary alicyclic amines) is 1. The first-order chi connectivity index (χ1) is 14.7. The molecule has 0 radical (unpaired) electrons. The molecule has 3 rings (SSSR count). The summed E-state index contributed by atoms with van der Waals surface area (Å²) >= 11 is 7.63. The van der Waals surface area contributed by atoms with E-state index in [0.29, 0.717) is 11.1 Å². The molecular weight excluding hydrogens is 543 g/mol. The van der Waals surface area contributed by atoms with E-state index in [4.69, 9.17) is 21.6 Å². The summed E-state index contributed by atoms with van der Waals surface area (Å²) in [5, 5.41) is 10.8.